The lowest BCUT2D eigenvalue weighted by atomic mass is 10.2. The molecule has 0 saturated carbocycles. The zero-order valence-corrected chi connectivity index (χ0v) is 12.5. The zero-order chi connectivity index (χ0) is 13.5. The molecular formula is C12H16BrFN2OS. The predicted octanol–water partition coefficient (Wildman–Crippen LogP) is 2.28. The van der Waals surface area contributed by atoms with Gasteiger partial charge in [-0.2, -0.15) is 11.8 Å². The van der Waals surface area contributed by atoms with Crippen LogP contribution in [-0.2, 0) is 11.3 Å². The standard InChI is InChI=1S/C12H16BrFN2OS/c1-18-5-4-11(15)12(17)16-7-8-6-9(13)2-3-10(8)14/h2-3,6,11H,4-5,7,15H2,1H3,(H,16,17)/t11-/m1/s1. The van der Waals surface area contributed by atoms with Crippen LogP contribution >= 0.6 is 27.7 Å². The molecule has 0 bridgehead atoms. The number of nitrogens with one attached hydrogen (secondary N) is 1. The molecule has 3 nitrogen and oxygen atoms in total. The van der Waals surface area contributed by atoms with Crippen molar-refractivity contribution in [3.05, 3.63) is 34.1 Å². The largest absolute Gasteiger partial charge is 0.351 e. The highest BCUT2D eigenvalue weighted by Gasteiger charge is 2.13. The van der Waals surface area contributed by atoms with Crippen molar-refractivity contribution in [1.82, 2.24) is 5.32 Å². The van der Waals surface area contributed by atoms with E-state index in [2.05, 4.69) is 21.2 Å². The molecule has 3 N–H and O–H groups in total. The fourth-order valence-corrected chi connectivity index (χ4v) is 2.27. The lowest BCUT2D eigenvalue weighted by Crippen LogP contribution is -2.40. The molecule has 0 fully saturated rings. The predicted molar refractivity (Wildman–Crippen MR) is 76.9 cm³/mol. The van der Waals surface area contributed by atoms with Gasteiger partial charge >= 0.3 is 0 Å². The lowest BCUT2D eigenvalue weighted by Gasteiger charge is -2.12. The van der Waals surface area contributed by atoms with E-state index in [1.807, 2.05) is 6.26 Å². The number of halogens is 2. The summed E-state index contributed by atoms with van der Waals surface area (Å²) in [6.45, 7) is 0.150. The van der Waals surface area contributed by atoms with Crippen LogP contribution in [0.3, 0.4) is 0 Å². The Kier molecular flexibility index (Phi) is 6.67. The first-order valence-electron chi connectivity index (χ1n) is 5.50. The number of hydrogen-bond acceptors (Lipinski definition) is 3. The molecule has 0 aliphatic carbocycles. The monoisotopic (exact) mass is 334 g/mol. The van der Waals surface area contributed by atoms with Gasteiger partial charge < -0.3 is 11.1 Å². The molecule has 0 aliphatic rings. The summed E-state index contributed by atoms with van der Waals surface area (Å²) in [7, 11) is 0. The Hall–Kier alpha value is -0.590. The minimum absolute atomic E-state index is 0.150. The van der Waals surface area contributed by atoms with Crippen LogP contribution in [0.4, 0.5) is 4.39 Å². The molecule has 1 atom stereocenters. The second-order valence-electron chi connectivity index (χ2n) is 3.84. The Balaban J connectivity index is 2.49. The maximum atomic E-state index is 13.4. The van der Waals surface area contributed by atoms with Crippen LogP contribution in [0.2, 0.25) is 0 Å². The Morgan fingerprint density at radius 1 is 1.61 bits per heavy atom. The van der Waals surface area contributed by atoms with E-state index in [4.69, 9.17) is 5.73 Å². The third-order valence-corrected chi connectivity index (χ3v) is 3.57. The molecule has 0 radical (unpaired) electrons. The van der Waals surface area contributed by atoms with E-state index in [-0.39, 0.29) is 18.3 Å². The molecule has 6 heteroatoms. The summed E-state index contributed by atoms with van der Waals surface area (Å²) in [5.41, 5.74) is 6.15. The summed E-state index contributed by atoms with van der Waals surface area (Å²) in [6.07, 6.45) is 2.58. The van der Waals surface area contributed by atoms with E-state index >= 15 is 0 Å². The minimum atomic E-state index is -0.535. The molecule has 0 unspecified atom stereocenters. The van der Waals surface area contributed by atoms with Crippen molar-refractivity contribution in [3.63, 3.8) is 0 Å². The van der Waals surface area contributed by atoms with E-state index in [9.17, 15) is 9.18 Å². The first-order chi connectivity index (χ1) is 8.54. The highest BCUT2D eigenvalue weighted by Crippen LogP contribution is 2.15. The maximum absolute atomic E-state index is 13.4. The molecule has 1 aromatic carbocycles. The van der Waals surface area contributed by atoms with Crippen LogP contribution in [0, 0.1) is 5.82 Å². The molecular weight excluding hydrogens is 319 g/mol. The number of carbonyl (C=O) groups is 1. The summed E-state index contributed by atoms with van der Waals surface area (Å²) < 4.78 is 14.2. The van der Waals surface area contributed by atoms with Gasteiger partial charge in [-0.1, -0.05) is 15.9 Å². The molecule has 1 aromatic rings. The van der Waals surface area contributed by atoms with Crippen molar-refractivity contribution in [3.8, 4) is 0 Å². The molecule has 1 rings (SSSR count). The van der Waals surface area contributed by atoms with E-state index in [1.54, 1.807) is 23.9 Å². The molecule has 100 valence electrons. The number of thioether (sulfide) groups is 1. The molecule has 0 aromatic heterocycles. The van der Waals surface area contributed by atoms with Crippen LogP contribution in [-0.4, -0.2) is 24.0 Å². The molecule has 0 saturated heterocycles. The zero-order valence-electron chi connectivity index (χ0n) is 10.1. The van der Waals surface area contributed by atoms with Gasteiger partial charge in [0.05, 0.1) is 6.04 Å². The average Bonchev–Trinajstić information content (AvgIpc) is 2.36. The van der Waals surface area contributed by atoms with Crippen molar-refractivity contribution in [2.75, 3.05) is 12.0 Å². The van der Waals surface area contributed by atoms with Crippen LogP contribution in [0.5, 0.6) is 0 Å². The fraction of sp³-hybridized carbons (Fsp3) is 0.417. The summed E-state index contributed by atoms with van der Waals surface area (Å²) in [5, 5.41) is 2.64. The van der Waals surface area contributed by atoms with Gasteiger partial charge in [0.25, 0.3) is 0 Å². The number of carbonyl (C=O) groups excluding carboxylic acids is 1. The number of amides is 1. The third kappa shape index (κ3) is 4.96. The number of hydrogen-bond donors (Lipinski definition) is 2. The first-order valence-corrected chi connectivity index (χ1v) is 7.69. The van der Waals surface area contributed by atoms with Gasteiger partial charge in [-0.05, 0) is 36.6 Å². The van der Waals surface area contributed by atoms with Crippen molar-refractivity contribution in [2.45, 2.75) is 19.0 Å². The third-order valence-electron chi connectivity index (χ3n) is 2.43. The summed E-state index contributed by atoms with van der Waals surface area (Å²) in [5.74, 6) is 0.249. The van der Waals surface area contributed by atoms with Crippen molar-refractivity contribution < 1.29 is 9.18 Å². The van der Waals surface area contributed by atoms with Crippen molar-refractivity contribution in [1.29, 1.82) is 0 Å². The van der Waals surface area contributed by atoms with Gasteiger partial charge in [-0.3, -0.25) is 4.79 Å². The minimum Gasteiger partial charge on any atom is -0.351 e. The fourth-order valence-electron chi connectivity index (χ4n) is 1.37. The van der Waals surface area contributed by atoms with Gasteiger partial charge in [0.15, 0.2) is 0 Å². The Bertz CT molecular complexity index is 417. The molecule has 0 spiro atoms. The molecule has 18 heavy (non-hydrogen) atoms. The normalized spacial score (nSPS) is 12.2. The van der Waals surface area contributed by atoms with Crippen LogP contribution in [0.1, 0.15) is 12.0 Å². The summed E-state index contributed by atoms with van der Waals surface area (Å²) >= 11 is 4.90. The number of benzene rings is 1. The van der Waals surface area contributed by atoms with Gasteiger partial charge in [-0.15, -0.1) is 0 Å². The Morgan fingerprint density at radius 2 is 2.33 bits per heavy atom. The number of nitrogens with two attached hydrogens (primary N) is 1. The Labute approximate surface area is 119 Å². The van der Waals surface area contributed by atoms with Crippen LogP contribution in [0.25, 0.3) is 0 Å². The molecule has 0 aliphatic heterocycles. The lowest BCUT2D eigenvalue weighted by molar-refractivity contribution is -0.122. The van der Waals surface area contributed by atoms with Crippen LogP contribution < -0.4 is 11.1 Å². The van der Waals surface area contributed by atoms with Crippen molar-refractivity contribution in [2.24, 2.45) is 5.73 Å². The first kappa shape index (κ1) is 15.5. The maximum Gasteiger partial charge on any atom is 0.237 e. The van der Waals surface area contributed by atoms with Gasteiger partial charge in [-0.25, -0.2) is 4.39 Å². The average molecular weight is 335 g/mol. The van der Waals surface area contributed by atoms with E-state index < -0.39 is 6.04 Å². The summed E-state index contributed by atoms with van der Waals surface area (Å²) in [6, 6.07) is 4.08. The second-order valence-corrected chi connectivity index (χ2v) is 5.74. The number of rotatable bonds is 6. The Morgan fingerprint density at radius 3 is 3.00 bits per heavy atom. The quantitative estimate of drug-likeness (QED) is 0.839. The van der Waals surface area contributed by atoms with Gasteiger partial charge in [0.2, 0.25) is 5.91 Å². The second kappa shape index (κ2) is 7.76. The highest BCUT2D eigenvalue weighted by molar-refractivity contribution is 9.10. The SMILES string of the molecule is CSCC[C@@H](N)C(=O)NCc1cc(Br)ccc1F. The van der Waals surface area contributed by atoms with Crippen LogP contribution in [0.15, 0.2) is 22.7 Å². The van der Waals surface area contributed by atoms with Crippen molar-refractivity contribution >= 4 is 33.6 Å². The summed E-state index contributed by atoms with van der Waals surface area (Å²) in [4.78, 5) is 11.6. The van der Waals surface area contributed by atoms with Gasteiger partial charge in [0.1, 0.15) is 5.82 Å². The van der Waals surface area contributed by atoms with E-state index in [0.717, 1.165) is 10.2 Å². The topological polar surface area (TPSA) is 55.1 Å². The van der Waals surface area contributed by atoms with E-state index in [0.29, 0.717) is 12.0 Å². The molecule has 1 amide bonds. The molecule has 0 heterocycles. The van der Waals surface area contributed by atoms with Gasteiger partial charge in [0, 0.05) is 16.6 Å². The highest BCUT2D eigenvalue weighted by atomic mass is 79.9. The van der Waals surface area contributed by atoms with E-state index in [1.165, 1.54) is 6.07 Å². The smallest absolute Gasteiger partial charge is 0.237 e.